The van der Waals surface area contributed by atoms with Gasteiger partial charge in [-0.25, -0.2) is 0 Å². The Hall–Kier alpha value is -1.84. The molecule has 1 saturated carbocycles. The Morgan fingerprint density at radius 2 is 2.06 bits per heavy atom. The van der Waals surface area contributed by atoms with Crippen LogP contribution in [0.1, 0.15) is 36.0 Å². The van der Waals surface area contributed by atoms with E-state index in [4.69, 9.17) is 5.21 Å². The number of carbonyl (C=O) groups is 1. The summed E-state index contributed by atoms with van der Waals surface area (Å²) < 4.78 is 0. The zero-order valence-corrected chi connectivity index (χ0v) is 9.31. The van der Waals surface area contributed by atoms with E-state index in [-0.39, 0.29) is 0 Å². The fraction of sp³-hybridized carbons (Fsp3) is 0.385. The van der Waals surface area contributed by atoms with Gasteiger partial charge >= 0.3 is 5.97 Å². The average Bonchev–Trinajstić information content (AvgIpc) is 3.04. The van der Waals surface area contributed by atoms with Crippen LogP contribution < -0.4 is 0 Å². The predicted octanol–water partition coefficient (Wildman–Crippen LogP) is 1.93. The Bertz CT molecular complexity index is 529. The van der Waals surface area contributed by atoms with E-state index in [2.05, 4.69) is 5.16 Å². The number of hydrogen-bond donors (Lipinski definition) is 2. The molecule has 0 radical (unpaired) electrons. The molecule has 4 heteroatoms. The summed E-state index contributed by atoms with van der Waals surface area (Å²) in [6.45, 7) is 0. The van der Waals surface area contributed by atoms with Crippen molar-refractivity contribution in [3.8, 4) is 0 Å². The molecule has 2 aliphatic carbocycles. The van der Waals surface area contributed by atoms with Crippen molar-refractivity contribution in [1.29, 1.82) is 0 Å². The van der Waals surface area contributed by atoms with Crippen LogP contribution in [0.15, 0.2) is 23.4 Å². The maximum atomic E-state index is 11.2. The largest absolute Gasteiger partial charge is 0.481 e. The molecule has 0 aliphatic heterocycles. The number of benzene rings is 1. The summed E-state index contributed by atoms with van der Waals surface area (Å²) in [7, 11) is 0. The molecule has 1 fully saturated rings. The van der Waals surface area contributed by atoms with Gasteiger partial charge in [-0.3, -0.25) is 4.79 Å². The molecule has 2 aliphatic rings. The van der Waals surface area contributed by atoms with Crippen LogP contribution in [-0.2, 0) is 16.6 Å². The van der Waals surface area contributed by atoms with Crippen molar-refractivity contribution in [2.45, 2.75) is 31.1 Å². The van der Waals surface area contributed by atoms with Gasteiger partial charge in [-0.2, -0.15) is 0 Å². The maximum Gasteiger partial charge on any atom is 0.314 e. The number of hydrogen-bond acceptors (Lipinski definition) is 3. The molecule has 3 rings (SSSR count). The lowest BCUT2D eigenvalue weighted by molar-refractivity contribution is -0.140. The van der Waals surface area contributed by atoms with Gasteiger partial charge in [-0.1, -0.05) is 23.4 Å². The number of aliphatic carboxylic acids is 1. The second-order valence-corrected chi connectivity index (χ2v) is 4.81. The minimum absolute atomic E-state index is 0.645. The van der Waals surface area contributed by atoms with Gasteiger partial charge in [-0.15, -0.1) is 0 Å². The summed E-state index contributed by atoms with van der Waals surface area (Å²) in [6, 6.07) is 5.71. The van der Waals surface area contributed by atoms with E-state index in [0.29, 0.717) is 5.71 Å². The summed E-state index contributed by atoms with van der Waals surface area (Å²) in [5, 5.41) is 21.3. The number of oxime groups is 1. The molecule has 1 aromatic rings. The van der Waals surface area contributed by atoms with Gasteiger partial charge in [0.2, 0.25) is 0 Å². The van der Waals surface area contributed by atoms with Gasteiger partial charge in [-0.05, 0) is 36.8 Å². The van der Waals surface area contributed by atoms with Crippen molar-refractivity contribution in [2.75, 3.05) is 0 Å². The summed E-state index contributed by atoms with van der Waals surface area (Å²) in [6.07, 6.45) is 3.01. The monoisotopic (exact) mass is 231 g/mol. The van der Waals surface area contributed by atoms with Gasteiger partial charge < -0.3 is 10.3 Å². The quantitative estimate of drug-likeness (QED) is 0.603. The fourth-order valence-electron chi connectivity index (χ4n) is 2.62. The van der Waals surface area contributed by atoms with Gasteiger partial charge in [0.1, 0.15) is 0 Å². The van der Waals surface area contributed by atoms with E-state index in [0.717, 1.165) is 42.4 Å². The number of nitrogens with zero attached hydrogens (tertiary/aromatic N) is 1. The standard InChI is InChI=1S/C13H13NO3/c15-12(16)13(5-6-13)9-2-3-10-8(7-9)1-4-11(10)14-17/h2-3,7,17H,1,4-6H2,(H,15,16)/b14-11+. The smallest absolute Gasteiger partial charge is 0.314 e. The molecular formula is C13H13NO3. The molecule has 2 N–H and O–H groups in total. The first kappa shape index (κ1) is 10.3. The molecule has 1 aromatic carbocycles. The molecule has 0 unspecified atom stereocenters. The lowest BCUT2D eigenvalue weighted by Gasteiger charge is -2.11. The number of aryl methyl sites for hydroxylation is 1. The number of carboxylic acids is 1. The topological polar surface area (TPSA) is 69.9 Å². The van der Waals surface area contributed by atoms with Crippen molar-refractivity contribution in [2.24, 2.45) is 5.16 Å². The minimum atomic E-state index is -0.730. The van der Waals surface area contributed by atoms with E-state index >= 15 is 0 Å². The van der Waals surface area contributed by atoms with Crippen molar-refractivity contribution in [3.63, 3.8) is 0 Å². The third-order valence-electron chi connectivity index (χ3n) is 3.88. The Kier molecular flexibility index (Phi) is 2.02. The van der Waals surface area contributed by atoms with Crippen LogP contribution in [0.4, 0.5) is 0 Å². The van der Waals surface area contributed by atoms with Crippen molar-refractivity contribution >= 4 is 11.7 Å². The number of rotatable bonds is 2. The van der Waals surface area contributed by atoms with Crippen LogP contribution in [0.3, 0.4) is 0 Å². The first-order valence-corrected chi connectivity index (χ1v) is 5.75. The molecular weight excluding hydrogens is 218 g/mol. The first-order chi connectivity index (χ1) is 8.17. The summed E-state index contributed by atoms with van der Waals surface area (Å²) in [5.74, 6) is -0.730. The average molecular weight is 231 g/mol. The van der Waals surface area contributed by atoms with Crippen LogP contribution in [0.2, 0.25) is 0 Å². The van der Waals surface area contributed by atoms with Gasteiger partial charge in [0.05, 0.1) is 11.1 Å². The Morgan fingerprint density at radius 3 is 2.65 bits per heavy atom. The molecule has 0 heterocycles. The van der Waals surface area contributed by atoms with Gasteiger partial charge in [0.25, 0.3) is 0 Å². The highest BCUT2D eigenvalue weighted by atomic mass is 16.4. The second kappa shape index (κ2) is 3.32. The SMILES string of the molecule is O=C(O)C1(c2ccc3c(c2)CC/C3=N\O)CC1. The van der Waals surface area contributed by atoms with Crippen LogP contribution in [0, 0.1) is 0 Å². The van der Waals surface area contributed by atoms with Crippen molar-refractivity contribution in [1.82, 2.24) is 0 Å². The summed E-state index contributed by atoms with van der Waals surface area (Å²) in [4.78, 5) is 11.2. The van der Waals surface area contributed by atoms with Crippen molar-refractivity contribution in [3.05, 3.63) is 34.9 Å². The van der Waals surface area contributed by atoms with Crippen molar-refractivity contribution < 1.29 is 15.1 Å². The predicted molar refractivity (Wildman–Crippen MR) is 61.6 cm³/mol. The van der Waals surface area contributed by atoms with E-state index in [1.807, 2.05) is 18.2 Å². The third-order valence-corrected chi connectivity index (χ3v) is 3.88. The normalized spacial score (nSPS) is 22.5. The molecule has 4 nitrogen and oxygen atoms in total. The Morgan fingerprint density at radius 1 is 1.29 bits per heavy atom. The van der Waals surface area contributed by atoms with E-state index in [9.17, 15) is 9.90 Å². The maximum absolute atomic E-state index is 11.2. The lowest BCUT2D eigenvalue weighted by Crippen LogP contribution is -2.19. The van der Waals surface area contributed by atoms with Crippen LogP contribution in [0.5, 0.6) is 0 Å². The zero-order chi connectivity index (χ0) is 12.0. The van der Waals surface area contributed by atoms with Crippen LogP contribution in [-0.4, -0.2) is 22.0 Å². The third kappa shape index (κ3) is 1.37. The van der Waals surface area contributed by atoms with E-state index < -0.39 is 11.4 Å². The van der Waals surface area contributed by atoms with Crippen LogP contribution in [0.25, 0.3) is 0 Å². The molecule has 0 atom stereocenters. The van der Waals surface area contributed by atoms with Gasteiger partial charge in [0.15, 0.2) is 0 Å². The minimum Gasteiger partial charge on any atom is -0.481 e. The molecule has 0 saturated heterocycles. The molecule has 88 valence electrons. The Labute approximate surface area is 98.6 Å². The van der Waals surface area contributed by atoms with E-state index in [1.54, 1.807) is 0 Å². The zero-order valence-electron chi connectivity index (χ0n) is 9.31. The molecule has 0 bridgehead atoms. The second-order valence-electron chi connectivity index (χ2n) is 4.81. The number of carboxylic acid groups (broad SMARTS) is 1. The molecule has 0 spiro atoms. The summed E-state index contributed by atoms with van der Waals surface area (Å²) >= 11 is 0. The highest BCUT2D eigenvalue weighted by Crippen LogP contribution is 2.49. The lowest BCUT2D eigenvalue weighted by atomic mass is 9.93. The summed E-state index contributed by atoms with van der Waals surface area (Å²) in [5.41, 5.74) is 3.00. The Balaban J connectivity index is 2.04. The molecule has 0 aromatic heterocycles. The molecule has 0 amide bonds. The van der Waals surface area contributed by atoms with Gasteiger partial charge in [0, 0.05) is 5.56 Å². The highest BCUT2D eigenvalue weighted by Gasteiger charge is 2.51. The van der Waals surface area contributed by atoms with Crippen LogP contribution >= 0.6 is 0 Å². The highest BCUT2D eigenvalue weighted by molar-refractivity contribution is 6.04. The fourth-order valence-corrected chi connectivity index (χ4v) is 2.62. The molecule has 17 heavy (non-hydrogen) atoms. The number of fused-ring (bicyclic) bond motifs is 1. The first-order valence-electron chi connectivity index (χ1n) is 5.75. The van der Waals surface area contributed by atoms with E-state index in [1.165, 1.54) is 0 Å².